The van der Waals surface area contributed by atoms with Gasteiger partial charge in [0.05, 0.1) is 0 Å². The van der Waals surface area contributed by atoms with Gasteiger partial charge in [-0.15, -0.1) is 0 Å². The number of hydrogen-bond acceptors (Lipinski definition) is 3. The van der Waals surface area contributed by atoms with E-state index in [1.807, 2.05) is 13.0 Å². The van der Waals surface area contributed by atoms with Crippen molar-refractivity contribution >= 4 is 0 Å². The Kier molecular flexibility index (Phi) is 3.67. The van der Waals surface area contributed by atoms with E-state index < -0.39 is 0 Å². The zero-order valence-electron chi connectivity index (χ0n) is 7.71. The molecule has 1 heterocycles. The van der Waals surface area contributed by atoms with Gasteiger partial charge < -0.3 is 16.0 Å². The van der Waals surface area contributed by atoms with Gasteiger partial charge in [-0.05, 0) is 13.0 Å². The fourth-order valence-corrected chi connectivity index (χ4v) is 0.964. The van der Waals surface area contributed by atoms with Crippen LogP contribution in [-0.4, -0.2) is 17.6 Å². The van der Waals surface area contributed by atoms with E-state index in [-0.39, 0.29) is 11.6 Å². The molecule has 0 bridgehead atoms. The summed E-state index contributed by atoms with van der Waals surface area (Å²) in [5.41, 5.74) is 6.24. The number of H-pyrrole nitrogens is 1. The highest BCUT2D eigenvalue weighted by Crippen LogP contribution is 1.89. The van der Waals surface area contributed by atoms with Gasteiger partial charge in [-0.3, -0.25) is 4.79 Å². The Bertz CT molecular complexity index is 308. The number of nitrogens with two attached hydrogens (primary N) is 1. The standard InChI is InChI=1S/C9H15N3O/c1-7(5-10)11-6-8-3-2-4-9(13)12-8/h2-4,7,11H,5-6,10H2,1H3,(H,12,13)/t7-/m0/s1. The molecule has 1 atom stereocenters. The molecule has 0 saturated heterocycles. The third-order valence-corrected chi connectivity index (χ3v) is 1.82. The van der Waals surface area contributed by atoms with Crippen molar-refractivity contribution in [3.05, 3.63) is 34.2 Å². The predicted octanol–water partition coefficient (Wildman–Crippen LogP) is -0.188. The van der Waals surface area contributed by atoms with Crippen LogP contribution in [0.15, 0.2) is 23.0 Å². The Hall–Kier alpha value is -1.13. The van der Waals surface area contributed by atoms with Crippen LogP contribution in [0.3, 0.4) is 0 Å². The van der Waals surface area contributed by atoms with Gasteiger partial charge >= 0.3 is 0 Å². The molecule has 0 unspecified atom stereocenters. The highest BCUT2D eigenvalue weighted by Gasteiger charge is 1.97. The number of hydrogen-bond donors (Lipinski definition) is 3. The summed E-state index contributed by atoms with van der Waals surface area (Å²) in [6.07, 6.45) is 0. The Labute approximate surface area is 77.2 Å². The molecule has 0 amide bonds. The molecule has 4 heteroatoms. The first-order valence-electron chi connectivity index (χ1n) is 4.34. The number of nitrogens with one attached hydrogen (secondary N) is 2. The summed E-state index contributed by atoms with van der Waals surface area (Å²) in [7, 11) is 0. The molecular formula is C9H15N3O. The third kappa shape index (κ3) is 3.40. The van der Waals surface area contributed by atoms with Gasteiger partial charge in [0.1, 0.15) is 0 Å². The lowest BCUT2D eigenvalue weighted by atomic mass is 10.3. The summed E-state index contributed by atoms with van der Waals surface area (Å²) >= 11 is 0. The molecular weight excluding hydrogens is 166 g/mol. The van der Waals surface area contributed by atoms with Crippen molar-refractivity contribution < 1.29 is 0 Å². The molecule has 0 aliphatic carbocycles. The van der Waals surface area contributed by atoms with Gasteiger partial charge in [0.15, 0.2) is 0 Å². The van der Waals surface area contributed by atoms with E-state index in [2.05, 4.69) is 10.3 Å². The zero-order valence-corrected chi connectivity index (χ0v) is 7.71. The molecule has 0 aliphatic heterocycles. The molecule has 0 fully saturated rings. The normalized spacial score (nSPS) is 12.8. The summed E-state index contributed by atoms with van der Waals surface area (Å²) in [6.45, 7) is 3.24. The monoisotopic (exact) mass is 181 g/mol. The molecule has 72 valence electrons. The quantitative estimate of drug-likeness (QED) is 0.603. The van der Waals surface area contributed by atoms with Crippen LogP contribution in [0.1, 0.15) is 12.6 Å². The minimum Gasteiger partial charge on any atom is -0.329 e. The van der Waals surface area contributed by atoms with Crippen LogP contribution in [0.4, 0.5) is 0 Å². The molecule has 0 radical (unpaired) electrons. The van der Waals surface area contributed by atoms with Crippen LogP contribution in [0.25, 0.3) is 0 Å². The fraction of sp³-hybridized carbons (Fsp3) is 0.444. The smallest absolute Gasteiger partial charge is 0.248 e. The minimum atomic E-state index is -0.0697. The highest BCUT2D eigenvalue weighted by molar-refractivity contribution is 5.03. The summed E-state index contributed by atoms with van der Waals surface area (Å²) < 4.78 is 0. The van der Waals surface area contributed by atoms with Crippen molar-refractivity contribution in [1.29, 1.82) is 0 Å². The number of pyridine rings is 1. The molecule has 4 N–H and O–H groups in total. The van der Waals surface area contributed by atoms with Gasteiger partial charge in [0.2, 0.25) is 5.56 Å². The molecule has 1 aromatic heterocycles. The van der Waals surface area contributed by atoms with Crippen LogP contribution in [0.2, 0.25) is 0 Å². The Balaban J connectivity index is 2.50. The lowest BCUT2D eigenvalue weighted by Crippen LogP contribution is -2.33. The van der Waals surface area contributed by atoms with E-state index in [4.69, 9.17) is 5.73 Å². The van der Waals surface area contributed by atoms with Crippen molar-refractivity contribution in [1.82, 2.24) is 10.3 Å². The van der Waals surface area contributed by atoms with Gasteiger partial charge in [-0.25, -0.2) is 0 Å². The van der Waals surface area contributed by atoms with Crippen molar-refractivity contribution in [3.8, 4) is 0 Å². The lowest BCUT2D eigenvalue weighted by Gasteiger charge is -2.10. The average molecular weight is 181 g/mol. The molecule has 0 aliphatic rings. The maximum absolute atomic E-state index is 10.9. The van der Waals surface area contributed by atoms with Crippen LogP contribution >= 0.6 is 0 Å². The first-order chi connectivity index (χ1) is 6.22. The maximum atomic E-state index is 10.9. The second-order valence-electron chi connectivity index (χ2n) is 3.06. The summed E-state index contributed by atoms with van der Waals surface area (Å²) in [4.78, 5) is 13.6. The zero-order chi connectivity index (χ0) is 9.68. The molecule has 1 aromatic rings. The van der Waals surface area contributed by atoms with Gasteiger partial charge in [0, 0.05) is 30.9 Å². The molecule has 4 nitrogen and oxygen atoms in total. The molecule has 0 saturated carbocycles. The van der Waals surface area contributed by atoms with Crippen molar-refractivity contribution in [2.75, 3.05) is 6.54 Å². The van der Waals surface area contributed by atoms with Crippen molar-refractivity contribution in [3.63, 3.8) is 0 Å². The van der Waals surface area contributed by atoms with E-state index in [1.54, 1.807) is 6.07 Å². The lowest BCUT2D eigenvalue weighted by molar-refractivity contribution is 0.550. The first-order valence-corrected chi connectivity index (χ1v) is 4.34. The number of aromatic nitrogens is 1. The van der Waals surface area contributed by atoms with Crippen LogP contribution in [-0.2, 0) is 6.54 Å². The summed E-state index contributed by atoms with van der Waals surface area (Å²) in [6, 6.07) is 5.37. The third-order valence-electron chi connectivity index (χ3n) is 1.82. The minimum absolute atomic E-state index is 0.0697. The summed E-state index contributed by atoms with van der Waals surface area (Å²) in [5.74, 6) is 0. The van der Waals surface area contributed by atoms with Crippen molar-refractivity contribution in [2.45, 2.75) is 19.5 Å². The Morgan fingerprint density at radius 1 is 1.62 bits per heavy atom. The van der Waals surface area contributed by atoms with Gasteiger partial charge in [-0.2, -0.15) is 0 Å². The van der Waals surface area contributed by atoms with Crippen LogP contribution < -0.4 is 16.6 Å². The Morgan fingerprint density at radius 3 is 3.00 bits per heavy atom. The maximum Gasteiger partial charge on any atom is 0.248 e. The van der Waals surface area contributed by atoms with Crippen LogP contribution in [0.5, 0.6) is 0 Å². The average Bonchev–Trinajstić information content (AvgIpc) is 2.14. The molecule has 0 spiro atoms. The van der Waals surface area contributed by atoms with Crippen molar-refractivity contribution in [2.24, 2.45) is 5.73 Å². The SMILES string of the molecule is C[C@@H](CN)NCc1cccc(=O)[nH]1. The summed E-state index contributed by atoms with van der Waals surface area (Å²) in [5, 5.41) is 3.18. The number of aromatic amines is 1. The fourth-order valence-electron chi connectivity index (χ4n) is 0.964. The van der Waals surface area contributed by atoms with E-state index >= 15 is 0 Å². The topological polar surface area (TPSA) is 70.9 Å². The predicted molar refractivity (Wildman–Crippen MR) is 52.4 cm³/mol. The largest absolute Gasteiger partial charge is 0.329 e. The molecule has 1 rings (SSSR count). The van der Waals surface area contributed by atoms with E-state index in [1.165, 1.54) is 6.07 Å². The highest BCUT2D eigenvalue weighted by atomic mass is 16.1. The van der Waals surface area contributed by atoms with E-state index in [9.17, 15) is 4.79 Å². The molecule has 0 aromatic carbocycles. The van der Waals surface area contributed by atoms with Gasteiger partial charge in [-0.1, -0.05) is 6.07 Å². The second kappa shape index (κ2) is 4.79. The van der Waals surface area contributed by atoms with Crippen LogP contribution in [0, 0.1) is 0 Å². The van der Waals surface area contributed by atoms with E-state index in [0.29, 0.717) is 13.1 Å². The first kappa shape index (κ1) is 9.95. The number of rotatable bonds is 4. The Morgan fingerprint density at radius 2 is 2.38 bits per heavy atom. The van der Waals surface area contributed by atoms with E-state index in [0.717, 1.165) is 5.69 Å². The van der Waals surface area contributed by atoms with Gasteiger partial charge in [0.25, 0.3) is 0 Å². The molecule has 13 heavy (non-hydrogen) atoms. The second-order valence-corrected chi connectivity index (χ2v) is 3.06.